The van der Waals surface area contributed by atoms with Crippen molar-refractivity contribution in [3.8, 4) is 17.9 Å². The van der Waals surface area contributed by atoms with Crippen LogP contribution in [0.1, 0.15) is 24.2 Å². The van der Waals surface area contributed by atoms with Crippen molar-refractivity contribution in [1.29, 1.82) is 10.5 Å². The van der Waals surface area contributed by atoms with Crippen LogP contribution in [-0.2, 0) is 0 Å². The number of benzene rings is 1. The summed E-state index contributed by atoms with van der Waals surface area (Å²) in [4.78, 5) is 11.3. The minimum atomic E-state index is -0.310. The number of hydrazone groups is 1. The first-order chi connectivity index (χ1) is 9.12. The van der Waals surface area contributed by atoms with Gasteiger partial charge < -0.3 is 4.74 Å². The molecule has 0 aromatic heterocycles. The molecule has 1 N–H and O–H groups in total. The third-order valence-electron chi connectivity index (χ3n) is 2.19. The summed E-state index contributed by atoms with van der Waals surface area (Å²) in [6.07, 6.45) is 0. The smallest absolute Gasteiger partial charge is 0.237 e. The molecule has 0 atom stereocenters. The quantitative estimate of drug-likeness (QED) is 0.494. The van der Waals surface area contributed by atoms with Gasteiger partial charge in [-0.05, 0) is 32.0 Å². The first kappa shape index (κ1) is 14.2. The van der Waals surface area contributed by atoms with Crippen LogP contribution in [0.4, 0.5) is 5.69 Å². The van der Waals surface area contributed by atoms with E-state index in [1.54, 1.807) is 30.3 Å². The van der Waals surface area contributed by atoms with Crippen LogP contribution in [0.3, 0.4) is 0 Å². The Hall–Kier alpha value is -2.86. The van der Waals surface area contributed by atoms with Gasteiger partial charge in [0.2, 0.25) is 5.71 Å². The van der Waals surface area contributed by atoms with Crippen molar-refractivity contribution in [3.05, 3.63) is 23.8 Å². The van der Waals surface area contributed by atoms with Crippen LogP contribution in [-0.4, -0.2) is 18.1 Å². The fourth-order valence-corrected chi connectivity index (χ4v) is 1.31. The minimum Gasteiger partial charge on any atom is -0.492 e. The molecule has 0 aliphatic heterocycles. The average molecular weight is 256 g/mol. The standard InChI is InChI=1S/C13H12N4O2/c1-3-19-13-5-4-10(9(2)18)6-12(13)17-16-11(7-14)8-15/h4-6,17H,3H2,1-2H3. The second-order valence-corrected chi connectivity index (χ2v) is 3.50. The maximum Gasteiger partial charge on any atom is 0.237 e. The Kier molecular flexibility index (Phi) is 5.06. The van der Waals surface area contributed by atoms with Crippen LogP contribution in [0.2, 0.25) is 0 Å². The third kappa shape index (κ3) is 3.83. The van der Waals surface area contributed by atoms with Gasteiger partial charge in [0, 0.05) is 5.56 Å². The fraction of sp³-hybridized carbons (Fsp3) is 0.231. The van der Waals surface area contributed by atoms with Crippen molar-refractivity contribution in [1.82, 2.24) is 0 Å². The predicted molar refractivity (Wildman–Crippen MR) is 69.9 cm³/mol. The van der Waals surface area contributed by atoms with Crippen molar-refractivity contribution in [2.45, 2.75) is 13.8 Å². The van der Waals surface area contributed by atoms with E-state index >= 15 is 0 Å². The first-order valence-electron chi connectivity index (χ1n) is 5.54. The van der Waals surface area contributed by atoms with Crippen LogP contribution < -0.4 is 10.2 Å². The zero-order valence-corrected chi connectivity index (χ0v) is 10.6. The molecule has 1 aromatic carbocycles. The van der Waals surface area contributed by atoms with Crippen molar-refractivity contribution in [3.63, 3.8) is 0 Å². The summed E-state index contributed by atoms with van der Waals surface area (Å²) in [6, 6.07) is 8.09. The molecule has 0 fully saturated rings. The number of rotatable bonds is 5. The summed E-state index contributed by atoms with van der Waals surface area (Å²) in [6.45, 7) is 3.71. The lowest BCUT2D eigenvalue weighted by molar-refractivity contribution is 0.101. The van der Waals surface area contributed by atoms with Gasteiger partial charge >= 0.3 is 0 Å². The van der Waals surface area contributed by atoms with Gasteiger partial charge in [0.25, 0.3) is 0 Å². The van der Waals surface area contributed by atoms with Crippen molar-refractivity contribution < 1.29 is 9.53 Å². The fourth-order valence-electron chi connectivity index (χ4n) is 1.31. The molecular formula is C13H12N4O2. The number of carbonyl (C=O) groups excluding carboxylic acids is 1. The number of hydrogen-bond donors (Lipinski definition) is 1. The maximum atomic E-state index is 11.3. The molecule has 1 aromatic rings. The summed E-state index contributed by atoms with van der Waals surface area (Å²) in [7, 11) is 0. The average Bonchev–Trinajstić information content (AvgIpc) is 2.41. The van der Waals surface area contributed by atoms with Crippen LogP contribution in [0.15, 0.2) is 23.3 Å². The molecule has 0 amide bonds. The summed E-state index contributed by atoms with van der Waals surface area (Å²) in [5, 5.41) is 20.8. The lowest BCUT2D eigenvalue weighted by Gasteiger charge is -2.10. The van der Waals surface area contributed by atoms with Gasteiger partial charge in [0.1, 0.15) is 17.9 Å². The topological polar surface area (TPSA) is 98.3 Å². The second kappa shape index (κ2) is 6.77. The molecule has 0 aliphatic rings. The van der Waals surface area contributed by atoms with Crippen LogP contribution in [0.5, 0.6) is 5.75 Å². The highest BCUT2D eigenvalue weighted by Crippen LogP contribution is 2.26. The van der Waals surface area contributed by atoms with Gasteiger partial charge in [-0.1, -0.05) is 0 Å². The molecule has 0 saturated heterocycles. The van der Waals surface area contributed by atoms with Crippen molar-refractivity contribution >= 4 is 17.2 Å². The Balaban J connectivity index is 3.12. The molecule has 0 bridgehead atoms. The number of ether oxygens (including phenoxy) is 1. The molecule has 0 radical (unpaired) electrons. The van der Waals surface area contributed by atoms with Gasteiger partial charge in [-0.3, -0.25) is 10.2 Å². The van der Waals surface area contributed by atoms with Gasteiger partial charge in [0.15, 0.2) is 5.78 Å². The highest BCUT2D eigenvalue weighted by atomic mass is 16.5. The molecular weight excluding hydrogens is 244 g/mol. The predicted octanol–water partition coefficient (Wildman–Crippen LogP) is 2.10. The van der Waals surface area contributed by atoms with Crippen LogP contribution in [0.25, 0.3) is 0 Å². The van der Waals surface area contributed by atoms with Crippen molar-refractivity contribution in [2.75, 3.05) is 12.0 Å². The number of nitriles is 2. The summed E-state index contributed by atoms with van der Waals surface area (Å²) >= 11 is 0. The van der Waals surface area contributed by atoms with Gasteiger partial charge in [-0.15, -0.1) is 0 Å². The van der Waals surface area contributed by atoms with E-state index in [9.17, 15) is 4.79 Å². The Morgan fingerprint density at radius 3 is 2.63 bits per heavy atom. The molecule has 6 nitrogen and oxygen atoms in total. The highest BCUT2D eigenvalue weighted by Gasteiger charge is 2.07. The summed E-state index contributed by atoms with van der Waals surface area (Å²) in [5.74, 6) is 0.391. The Morgan fingerprint density at radius 2 is 2.11 bits per heavy atom. The molecule has 19 heavy (non-hydrogen) atoms. The van der Waals surface area contributed by atoms with Gasteiger partial charge in [-0.25, -0.2) is 0 Å². The third-order valence-corrected chi connectivity index (χ3v) is 2.19. The van der Waals surface area contributed by atoms with Gasteiger partial charge in [-0.2, -0.15) is 15.6 Å². The largest absolute Gasteiger partial charge is 0.492 e. The molecule has 0 heterocycles. The second-order valence-electron chi connectivity index (χ2n) is 3.50. The van der Waals surface area contributed by atoms with E-state index in [-0.39, 0.29) is 11.5 Å². The Morgan fingerprint density at radius 1 is 1.42 bits per heavy atom. The first-order valence-corrected chi connectivity index (χ1v) is 5.54. The van der Waals surface area contributed by atoms with E-state index in [1.165, 1.54) is 6.92 Å². The highest BCUT2D eigenvalue weighted by molar-refractivity contribution is 6.10. The normalized spacial score (nSPS) is 8.84. The number of Topliss-reactive ketones (excluding diaryl/α,β-unsaturated/α-hetero) is 1. The van der Waals surface area contributed by atoms with E-state index < -0.39 is 0 Å². The lowest BCUT2D eigenvalue weighted by atomic mass is 10.1. The molecule has 96 valence electrons. The Bertz CT molecular complexity index is 578. The SMILES string of the molecule is CCOc1ccc(C(C)=O)cc1NN=C(C#N)C#N. The number of ketones is 1. The summed E-state index contributed by atoms with van der Waals surface area (Å²) < 4.78 is 5.36. The molecule has 0 saturated carbocycles. The van der Waals surface area contributed by atoms with Crippen LogP contribution >= 0.6 is 0 Å². The number of carbonyl (C=O) groups is 1. The van der Waals surface area contributed by atoms with E-state index in [4.69, 9.17) is 15.3 Å². The molecule has 0 spiro atoms. The zero-order valence-electron chi connectivity index (χ0n) is 10.6. The molecule has 0 aliphatic carbocycles. The number of hydrogen-bond acceptors (Lipinski definition) is 6. The molecule has 6 heteroatoms. The van der Waals surface area contributed by atoms with Gasteiger partial charge in [0.05, 0.1) is 12.3 Å². The number of nitrogens with zero attached hydrogens (tertiary/aromatic N) is 3. The van der Waals surface area contributed by atoms with Crippen molar-refractivity contribution in [2.24, 2.45) is 5.10 Å². The van der Waals surface area contributed by atoms with E-state index in [0.717, 1.165) is 0 Å². The summed E-state index contributed by atoms with van der Waals surface area (Å²) in [5.41, 5.74) is 3.16. The Labute approximate surface area is 110 Å². The van der Waals surface area contributed by atoms with E-state index in [0.29, 0.717) is 23.6 Å². The van der Waals surface area contributed by atoms with E-state index in [2.05, 4.69) is 10.5 Å². The zero-order chi connectivity index (χ0) is 14.3. The van der Waals surface area contributed by atoms with Crippen LogP contribution in [0, 0.1) is 22.7 Å². The number of anilines is 1. The minimum absolute atomic E-state index is 0.101. The number of nitrogens with one attached hydrogen (secondary N) is 1. The monoisotopic (exact) mass is 256 g/mol. The maximum absolute atomic E-state index is 11.3. The molecule has 1 rings (SSSR count). The lowest BCUT2D eigenvalue weighted by Crippen LogP contribution is -2.02. The van der Waals surface area contributed by atoms with E-state index in [1.807, 2.05) is 6.92 Å². The molecule has 0 unspecified atom stereocenters.